The van der Waals surface area contributed by atoms with Crippen LogP contribution >= 0.6 is 11.6 Å². The van der Waals surface area contributed by atoms with Gasteiger partial charge in [-0.1, -0.05) is 48.0 Å². The van der Waals surface area contributed by atoms with Crippen molar-refractivity contribution in [3.8, 4) is 0 Å². The monoisotopic (exact) mass is 302 g/mol. The zero-order valence-electron chi connectivity index (χ0n) is 12.0. The predicted molar refractivity (Wildman–Crippen MR) is 87.6 cm³/mol. The second kappa shape index (κ2) is 7.70. The van der Waals surface area contributed by atoms with Gasteiger partial charge in [0.1, 0.15) is 0 Å². The number of rotatable bonds is 6. The van der Waals surface area contributed by atoms with Crippen LogP contribution in [0.2, 0.25) is 5.02 Å². The minimum atomic E-state index is 0.0320. The first-order valence-electron chi connectivity index (χ1n) is 6.96. The Kier molecular flexibility index (Phi) is 5.64. The summed E-state index contributed by atoms with van der Waals surface area (Å²) in [7, 11) is 0. The van der Waals surface area contributed by atoms with Crippen LogP contribution in [-0.2, 0) is 11.3 Å². The predicted octanol–water partition coefficient (Wildman–Crippen LogP) is 3.77. The van der Waals surface area contributed by atoms with Gasteiger partial charge in [-0.3, -0.25) is 4.79 Å². The molecular formula is C17H19ClN2O. The van der Waals surface area contributed by atoms with Crippen molar-refractivity contribution in [3.63, 3.8) is 0 Å². The fourth-order valence-electron chi connectivity index (χ4n) is 1.91. The summed E-state index contributed by atoms with van der Waals surface area (Å²) in [6.45, 7) is 3.11. The molecule has 0 heterocycles. The first-order valence-corrected chi connectivity index (χ1v) is 7.33. The lowest BCUT2D eigenvalue weighted by molar-refractivity contribution is -0.121. The van der Waals surface area contributed by atoms with Gasteiger partial charge in [-0.2, -0.15) is 0 Å². The molecule has 0 atom stereocenters. The van der Waals surface area contributed by atoms with E-state index in [0.29, 0.717) is 19.5 Å². The van der Waals surface area contributed by atoms with Crippen molar-refractivity contribution in [2.45, 2.75) is 19.9 Å². The number of anilines is 1. The van der Waals surface area contributed by atoms with E-state index in [4.69, 9.17) is 11.6 Å². The van der Waals surface area contributed by atoms with Crippen molar-refractivity contribution in [2.75, 3.05) is 11.9 Å². The maximum absolute atomic E-state index is 11.8. The third kappa shape index (κ3) is 5.12. The molecule has 2 aromatic rings. The van der Waals surface area contributed by atoms with Crippen LogP contribution in [0, 0.1) is 6.92 Å². The molecule has 0 radical (unpaired) electrons. The van der Waals surface area contributed by atoms with Gasteiger partial charge in [0, 0.05) is 30.2 Å². The highest BCUT2D eigenvalue weighted by atomic mass is 35.5. The Morgan fingerprint density at radius 1 is 1.14 bits per heavy atom. The molecule has 2 N–H and O–H groups in total. The van der Waals surface area contributed by atoms with E-state index >= 15 is 0 Å². The van der Waals surface area contributed by atoms with Crippen LogP contribution in [0.5, 0.6) is 0 Å². The van der Waals surface area contributed by atoms with E-state index in [1.165, 1.54) is 0 Å². The Morgan fingerprint density at radius 2 is 1.90 bits per heavy atom. The molecule has 2 aromatic carbocycles. The third-order valence-electron chi connectivity index (χ3n) is 3.19. The maximum atomic E-state index is 11.8. The number of amides is 1. The van der Waals surface area contributed by atoms with E-state index in [1.54, 1.807) is 0 Å². The van der Waals surface area contributed by atoms with Crippen LogP contribution in [0.15, 0.2) is 48.5 Å². The minimum Gasteiger partial charge on any atom is -0.384 e. The van der Waals surface area contributed by atoms with Crippen LogP contribution < -0.4 is 10.6 Å². The minimum absolute atomic E-state index is 0.0320. The summed E-state index contributed by atoms with van der Waals surface area (Å²) in [6.07, 6.45) is 0.429. The summed E-state index contributed by atoms with van der Waals surface area (Å²) in [5.74, 6) is 0.0320. The second-order valence-corrected chi connectivity index (χ2v) is 5.31. The number of carbonyl (C=O) groups is 1. The molecule has 21 heavy (non-hydrogen) atoms. The molecule has 0 unspecified atom stereocenters. The van der Waals surface area contributed by atoms with E-state index in [-0.39, 0.29) is 5.91 Å². The zero-order valence-corrected chi connectivity index (χ0v) is 12.8. The Hall–Kier alpha value is -2.00. The Labute approximate surface area is 130 Å². The fraction of sp³-hybridized carbons (Fsp3) is 0.235. The summed E-state index contributed by atoms with van der Waals surface area (Å²) in [6, 6.07) is 15.7. The van der Waals surface area contributed by atoms with Gasteiger partial charge < -0.3 is 10.6 Å². The van der Waals surface area contributed by atoms with Crippen LogP contribution in [0.3, 0.4) is 0 Å². The van der Waals surface area contributed by atoms with Crippen molar-refractivity contribution in [1.82, 2.24) is 5.32 Å². The molecule has 0 aliphatic rings. The van der Waals surface area contributed by atoms with Crippen molar-refractivity contribution in [1.29, 1.82) is 0 Å². The van der Waals surface area contributed by atoms with Gasteiger partial charge in [0.2, 0.25) is 5.91 Å². The molecule has 110 valence electrons. The summed E-state index contributed by atoms with van der Waals surface area (Å²) < 4.78 is 0. The summed E-state index contributed by atoms with van der Waals surface area (Å²) in [5.41, 5.74) is 3.08. The van der Waals surface area contributed by atoms with Crippen LogP contribution in [0.25, 0.3) is 0 Å². The van der Waals surface area contributed by atoms with E-state index in [0.717, 1.165) is 21.8 Å². The van der Waals surface area contributed by atoms with Crippen molar-refractivity contribution in [2.24, 2.45) is 0 Å². The number of halogens is 1. The van der Waals surface area contributed by atoms with Gasteiger partial charge in [0.05, 0.1) is 0 Å². The molecule has 1 amide bonds. The Morgan fingerprint density at radius 3 is 2.62 bits per heavy atom. The van der Waals surface area contributed by atoms with Crippen LogP contribution in [0.1, 0.15) is 17.5 Å². The number of hydrogen-bond donors (Lipinski definition) is 2. The van der Waals surface area contributed by atoms with Crippen molar-refractivity contribution < 1.29 is 4.79 Å². The highest BCUT2D eigenvalue weighted by molar-refractivity contribution is 6.31. The number of hydrogen-bond acceptors (Lipinski definition) is 2. The lowest BCUT2D eigenvalue weighted by atomic mass is 10.2. The lowest BCUT2D eigenvalue weighted by Crippen LogP contribution is -2.24. The Bertz CT molecular complexity index is 599. The summed E-state index contributed by atoms with van der Waals surface area (Å²) in [4.78, 5) is 11.8. The summed E-state index contributed by atoms with van der Waals surface area (Å²) >= 11 is 6.05. The molecule has 2 rings (SSSR count). The van der Waals surface area contributed by atoms with Crippen molar-refractivity contribution in [3.05, 3.63) is 64.7 Å². The standard InChI is InChI=1S/C17H19ClN2O/c1-13-7-8-15(11-16(13)18)19-10-9-17(21)20-12-14-5-3-2-4-6-14/h2-8,11,19H,9-10,12H2,1H3,(H,20,21). The smallest absolute Gasteiger partial charge is 0.222 e. The van der Waals surface area contributed by atoms with Gasteiger partial charge in [-0.25, -0.2) is 0 Å². The number of aryl methyl sites for hydroxylation is 1. The zero-order chi connectivity index (χ0) is 15.1. The topological polar surface area (TPSA) is 41.1 Å². The molecule has 0 fully saturated rings. The molecule has 4 heteroatoms. The average molecular weight is 303 g/mol. The number of benzene rings is 2. The average Bonchev–Trinajstić information content (AvgIpc) is 2.50. The highest BCUT2D eigenvalue weighted by Crippen LogP contribution is 2.19. The van der Waals surface area contributed by atoms with Gasteiger partial charge in [-0.05, 0) is 30.2 Å². The SMILES string of the molecule is Cc1ccc(NCCC(=O)NCc2ccccc2)cc1Cl. The van der Waals surface area contributed by atoms with Gasteiger partial charge in [-0.15, -0.1) is 0 Å². The van der Waals surface area contributed by atoms with Gasteiger partial charge in [0.15, 0.2) is 0 Å². The normalized spacial score (nSPS) is 10.2. The largest absolute Gasteiger partial charge is 0.384 e. The molecular weight excluding hydrogens is 284 g/mol. The van der Waals surface area contributed by atoms with E-state index in [1.807, 2.05) is 55.5 Å². The quantitative estimate of drug-likeness (QED) is 0.853. The van der Waals surface area contributed by atoms with Gasteiger partial charge >= 0.3 is 0 Å². The highest BCUT2D eigenvalue weighted by Gasteiger charge is 2.02. The number of nitrogens with one attached hydrogen (secondary N) is 2. The molecule has 0 saturated heterocycles. The van der Waals surface area contributed by atoms with E-state index in [9.17, 15) is 4.79 Å². The molecule has 0 bridgehead atoms. The molecule has 3 nitrogen and oxygen atoms in total. The van der Waals surface area contributed by atoms with Crippen LogP contribution in [0.4, 0.5) is 5.69 Å². The maximum Gasteiger partial charge on any atom is 0.222 e. The first kappa shape index (κ1) is 15.4. The molecule has 0 aromatic heterocycles. The van der Waals surface area contributed by atoms with Crippen LogP contribution in [-0.4, -0.2) is 12.5 Å². The molecule has 0 aliphatic heterocycles. The molecule has 0 spiro atoms. The lowest BCUT2D eigenvalue weighted by Gasteiger charge is -2.08. The summed E-state index contributed by atoms with van der Waals surface area (Å²) in [5, 5.41) is 6.83. The van der Waals surface area contributed by atoms with Gasteiger partial charge in [0.25, 0.3) is 0 Å². The van der Waals surface area contributed by atoms with Crippen molar-refractivity contribution >= 4 is 23.2 Å². The molecule has 0 saturated carbocycles. The molecule has 0 aliphatic carbocycles. The number of carbonyl (C=O) groups excluding carboxylic acids is 1. The van der Waals surface area contributed by atoms with E-state index in [2.05, 4.69) is 10.6 Å². The Balaban J connectivity index is 1.70. The fourth-order valence-corrected chi connectivity index (χ4v) is 2.09. The second-order valence-electron chi connectivity index (χ2n) is 4.90. The third-order valence-corrected chi connectivity index (χ3v) is 3.59. The first-order chi connectivity index (χ1) is 10.1. The van der Waals surface area contributed by atoms with E-state index < -0.39 is 0 Å².